The number of thiazole rings is 1. The van der Waals surface area contributed by atoms with Crippen molar-refractivity contribution < 1.29 is 0 Å². The molecule has 1 N–H and O–H groups in total. The van der Waals surface area contributed by atoms with Crippen LogP contribution in [-0.4, -0.2) is 11.0 Å². The Hall–Kier alpha value is -1.09. The highest BCUT2D eigenvalue weighted by Crippen LogP contribution is 2.33. The van der Waals surface area contributed by atoms with Gasteiger partial charge in [0, 0.05) is 11.7 Å². The number of hydrogen-bond acceptors (Lipinski definition) is 3. The zero-order valence-electron chi connectivity index (χ0n) is 11.7. The fraction of sp³-hybridized carbons (Fsp3) is 0.562. The Bertz CT molecular complexity index is 546. The first kappa shape index (κ1) is 12.9. The van der Waals surface area contributed by atoms with Gasteiger partial charge in [0.05, 0.1) is 15.7 Å². The van der Waals surface area contributed by atoms with Crippen LogP contribution >= 0.6 is 11.3 Å². The van der Waals surface area contributed by atoms with E-state index in [4.69, 9.17) is 0 Å². The summed E-state index contributed by atoms with van der Waals surface area (Å²) in [5.41, 5.74) is 4.29. The Morgan fingerprint density at radius 3 is 2.95 bits per heavy atom. The Morgan fingerprint density at radius 1 is 1.26 bits per heavy atom. The van der Waals surface area contributed by atoms with Crippen LogP contribution in [0, 0.1) is 11.8 Å². The molecule has 0 radical (unpaired) electrons. The van der Waals surface area contributed by atoms with Crippen molar-refractivity contribution in [2.24, 2.45) is 11.8 Å². The van der Waals surface area contributed by atoms with E-state index in [1.807, 2.05) is 5.51 Å². The van der Waals surface area contributed by atoms with Crippen molar-refractivity contribution in [3.05, 3.63) is 23.7 Å². The van der Waals surface area contributed by atoms with Gasteiger partial charge in [0.25, 0.3) is 0 Å². The number of nitrogens with one attached hydrogen (secondary N) is 1. The molecule has 0 bridgehead atoms. The normalized spacial score (nSPS) is 23.9. The van der Waals surface area contributed by atoms with Gasteiger partial charge < -0.3 is 5.32 Å². The first-order chi connectivity index (χ1) is 9.24. The van der Waals surface area contributed by atoms with E-state index in [0.717, 1.165) is 17.4 Å². The van der Waals surface area contributed by atoms with Gasteiger partial charge in [-0.25, -0.2) is 4.98 Å². The van der Waals surface area contributed by atoms with Gasteiger partial charge in [0.2, 0.25) is 0 Å². The van der Waals surface area contributed by atoms with Crippen LogP contribution in [0.1, 0.15) is 39.5 Å². The number of benzene rings is 1. The quantitative estimate of drug-likeness (QED) is 0.859. The van der Waals surface area contributed by atoms with Crippen molar-refractivity contribution in [1.82, 2.24) is 4.98 Å². The second-order valence-corrected chi connectivity index (χ2v) is 6.86. The smallest absolute Gasteiger partial charge is 0.0813 e. The van der Waals surface area contributed by atoms with Gasteiger partial charge in [-0.1, -0.05) is 26.7 Å². The van der Waals surface area contributed by atoms with Crippen LogP contribution in [0.15, 0.2) is 23.7 Å². The summed E-state index contributed by atoms with van der Waals surface area (Å²) in [6.45, 7) is 4.72. The first-order valence-corrected chi connectivity index (χ1v) is 8.22. The number of aromatic nitrogens is 1. The second kappa shape index (κ2) is 5.49. The lowest BCUT2D eigenvalue weighted by molar-refractivity contribution is 0.254. The molecule has 1 aliphatic carbocycles. The van der Waals surface area contributed by atoms with Gasteiger partial charge in [-0.2, -0.15) is 0 Å². The molecule has 0 saturated heterocycles. The van der Waals surface area contributed by atoms with Crippen LogP contribution in [0.2, 0.25) is 0 Å². The minimum absolute atomic E-state index is 0.638. The van der Waals surface area contributed by atoms with Crippen molar-refractivity contribution in [2.75, 3.05) is 5.32 Å². The van der Waals surface area contributed by atoms with Gasteiger partial charge in [-0.15, -0.1) is 11.3 Å². The van der Waals surface area contributed by atoms with Crippen LogP contribution in [-0.2, 0) is 0 Å². The molecule has 0 amide bonds. The SMILES string of the molecule is CC(C)C1CCCCC1Nc1ccc2ncsc2c1. The van der Waals surface area contributed by atoms with Crippen molar-refractivity contribution in [2.45, 2.75) is 45.6 Å². The summed E-state index contributed by atoms with van der Waals surface area (Å²) in [6, 6.07) is 7.19. The van der Waals surface area contributed by atoms with Gasteiger partial charge in [0.15, 0.2) is 0 Å². The third-order valence-corrected chi connectivity index (χ3v) is 5.15. The van der Waals surface area contributed by atoms with E-state index in [2.05, 4.69) is 42.3 Å². The average Bonchev–Trinajstić information content (AvgIpc) is 2.86. The van der Waals surface area contributed by atoms with E-state index >= 15 is 0 Å². The maximum Gasteiger partial charge on any atom is 0.0813 e. The molecule has 2 nitrogen and oxygen atoms in total. The maximum atomic E-state index is 4.34. The second-order valence-electron chi connectivity index (χ2n) is 5.98. The maximum absolute atomic E-state index is 4.34. The molecule has 19 heavy (non-hydrogen) atoms. The Labute approximate surface area is 119 Å². The molecule has 0 aliphatic heterocycles. The van der Waals surface area contributed by atoms with Crippen molar-refractivity contribution in [3.8, 4) is 0 Å². The van der Waals surface area contributed by atoms with Gasteiger partial charge >= 0.3 is 0 Å². The number of anilines is 1. The molecule has 2 aromatic rings. The van der Waals surface area contributed by atoms with Crippen molar-refractivity contribution >= 4 is 27.2 Å². The minimum Gasteiger partial charge on any atom is -0.382 e. The number of nitrogens with zero attached hydrogens (tertiary/aromatic N) is 1. The largest absolute Gasteiger partial charge is 0.382 e. The molecule has 1 heterocycles. The van der Waals surface area contributed by atoms with E-state index in [1.165, 1.54) is 36.1 Å². The average molecular weight is 274 g/mol. The zero-order chi connectivity index (χ0) is 13.2. The fourth-order valence-corrected chi connectivity index (χ4v) is 4.01. The molecule has 102 valence electrons. The topological polar surface area (TPSA) is 24.9 Å². The summed E-state index contributed by atoms with van der Waals surface area (Å²) in [7, 11) is 0. The summed E-state index contributed by atoms with van der Waals surface area (Å²) in [5.74, 6) is 1.58. The predicted octanol–water partition coefficient (Wildman–Crippen LogP) is 4.92. The van der Waals surface area contributed by atoms with Gasteiger partial charge in [-0.3, -0.25) is 0 Å². The van der Waals surface area contributed by atoms with Crippen molar-refractivity contribution in [3.63, 3.8) is 0 Å². The molecule has 1 aromatic heterocycles. The van der Waals surface area contributed by atoms with Crippen LogP contribution in [0.5, 0.6) is 0 Å². The van der Waals surface area contributed by atoms with Gasteiger partial charge in [-0.05, 0) is 42.9 Å². The van der Waals surface area contributed by atoms with E-state index in [9.17, 15) is 0 Å². The van der Waals surface area contributed by atoms with Crippen LogP contribution in [0.25, 0.3) is 10.2 Å². The van der Waals surface area contributed by atoms with Crippen LogP contribution in [0.3, 0.4) is 0 Å². The minimum atomic E-state index is 0.638. The molecule has 1 fully saturated rings. The number of rotatable bonds is 3. The fourth-order valence-electron chi connectivity index (χ4n) is 3.30. The molecular weight excluding hydrogens is 252 g/mol. The molecule has 1 aliphatic rings. The number of hydrogen-bond donors (Lipinski definition) is 1. The summed E-state index contributed by atoms with van der Waals surface area (Å²) in [6.07, 6.45) is 5.44. The van der Waals surface area contributed by atoms with Gasteiger partial charge in [0.1, 0.15) is 0 Å². The highest BCUT2D eigenvalue weighted by Gasteiger charge is 2.27. The van der Waals surface area contributed by atoms with E-state index in [-0.39, 0.29) is 0 Å². The molecule has 2 unspecified atom stereocenters. The lowest BCUT2D eigenvalue weighted by Gasteiger charge is -2.35. The summed E-state index contributed by atoms with van der Waals surface area (Å²) in [4.78, 5) is 4.34. The zero-order valence-corrected chi connectivity index (χ0v) is 12.5. The van der Waals surface area contributed by atoms with E-state index in [1.54, 1.807) is 11.3 Å². The molecule has 3 heteroatoms. The molecule has 3 rings (SSSR count). The monoisotopic (exact) mass is 274 g/mol. The highest BCUT2D eigenvalue weighted by molar-refractivity contribution is 7.16. The standard InChI is InChI=1S/C16H22N2S/c1-11(2)13-5-3-4-6-14(13)18-12-7-8-15-16(9-12)19-10-17-15/h7-11,13-14,18H,3-6H2,1-2H3. The lowest BCUT2D eigenvalue weighted by atomic mass is 9.78. The number of fused-ring (bicyclic) bond motifs is 1. The van der Waals surface area contributed by atoms with Crippen LogP contribution in [0.4, 0.5) is 5.69 Å². The van der Waals surface area contributed by atoms with E-state index < -0.39 is 0 Å². The summed E-state index contributed by atoms with van der Waals surface area (Å²) < 4.78 is 1.28. The third-order valence-electron chi connectivity index (χ3n) is 4.36. The predicted molar refractivity (Wildman–Crippen MR) is 83.8 cm³/mol. The summed E-state index contributed by atoms with van der Waals surface area (Å²) in [5, 5.41) is 3.77. The lowest BCUT2D eigenvalue weighted by Crippen LogP contribution is -2.35. The molecule has 1 saturated carbocycles. The van der Waals surface area contributed by atoms with Crippen LogP contribution < -0.4 is 5.32 Å². The highest BCUT2D eigenvalue weighted by atomic mass is 32.1. The van der Waals surface area contributed by atoms with Crippen molar-refractivity contribution in [1.29, 1.82) is 0 Å². The Kier molecular flexibility index (Phi) is 3.74. The molecule has 0 spiro atoms. The molecule has 2 atom stereocenters. The third kappa shape index (κ3) is 2.76. The summed E-state index contributed by atoms with van der Waals surface area (Å²) >= 11 is 1.72. The Morgan fingerprint density at radius 2 is 2.11 bits per heavy atom. The Balaban J connectivity index is 1.78. The first-order valence-electron chi connectivity index (χ1n) is 7.34. The van der Waals surface area contributed by atoms with E-state index in [0.29, 0.717) is 6.04 Å². The molecular formula is C16H22N2S. The molecule has 1 aromatic carbocycles.